The number of piperidine rings is 1. The van der Waals surface area contributed by atoms with E-state index in [1.165, 1.54) is 29.9 Å². The highest BCUT2D eigenvalue weighted by Gasteiger charge is 2.35. The van der Waals surface area contributed by atoms with Gasteiger partial charge in [-0.25, -0.2) is 4.98 Å². The normalized spacial score (nSPS) is 20.7. The topological polar surface area (TPSA) is 97.6 Å². The smallest absolute Gasteiger partial charge is 0.422 e. The van der Waals surface area contributed by atoms with Crippen LogP contribution in [0.5, 0.6) is 5.75 Å². The van der Waals surface area contributed by atoms with Crippen LogP contribution in [-0.2, 0) is 9.59 Å². The molecule has 2 fully saturated rings. The van der Waals surface area contributed by atoms with E-state index >= 15 is 0 Å². The number of nitrogens with one attached hydrogen (secondary N) is 1. The first-order valence-corrected chi connectivity index (χ1v) is 10.4. The van der Waals surface area contributed by atoms with Crippen molar-refractivity contribution in [1.82, 2.24) is 15.3 Å². The molecule has 2 aliphatic heterocycles. The Kier molecular flexibility index (Phi) is 5.94. The summed E-state index contributed by atoms with van der Waals surface area (Å²) < 4.78 is 48.7. The molecular weight excluding hydrogens is 437 g/mol. The number of nitrogens with zero attached hydrogens (tertiary/aromatic N) is 3. The minimum atomic E-state index is -4.80. The maximum atomic E-state index is 12.9. The van der Waals surface area contributed by atoms with Crippen molar-refractivity contribution in [1.29, 1.82) is 0 Å². The van der Waals surface area contributed by atoms with Crippen molar-refractivity contribution in [2.75, 3.05) is 18.0 Å². The van der Waals surface area contributed by atoms with E-state index in [0.29, 0.717) is 41.8 Å². The molecule has 0 saturated carbocycles. The van der Waals surface area contributed by atoms with Crippen molar-refractivity contribution in [2.24, 2.45) is 0 Å². The van der Waals surface area contributed by atoms with Crippen LogP contribution in [-0.4, -0.2) is 47.7 Å². The molecule has 0 aliphatic carbocycles. The monoisotopic (exact) mass is 454 g/mol. The van der Waals surface area contributed by atoms with Crippen LogP contribution >= 0.6 is 11.3 Å². The number of carbonyl (C=O) groups excluding carboxylic acids is 2. The number of oxazole rings is 1. The quantitative estimate of drug-likeness (QED) is 0.641. The van der Waals surface area contributed by atoms with Gasteiger partial charge in [0.05, 0.1) is 5.56 Å². The van der Waals surface area contributed by atoms with Gasteiger partial charge >= 0.3 is 12.5 Å². The second-order valence-electron chi connectivity index (χ2n) is 7.15. The minimum Gasteiger partial charge on any atom is -0.422 e. The third-order valence-electron chi connectivity index (χ3n) is 5.11. The van der Waals surface area contributed by atoms with E-state index in [-0.39, 0.29) is 23.0 Å². The summed E-state index contributed by atoms with van der Waals surface area (Å²) in [6, 6.07) is 3.80. The number of ether oxygens (including phenoxy) is 1. The summed E-state index contributed by atoms with van der Waals surface area (Å²) in [4.78, 5) is 26.9. The molecule has 1 aromatic carbocycles. The molecule has 2 aromatic heterocycles. The number of piperazine rings is 1. The first kappa shape index (κ1) is 21.3. The summed E-state index contributed by atoms with van der Waals surface area (Å²) in [5, 5.41) is 6.03. The van der Waals surface area contributed by atoms with Gasteiger partial charge in [0.2, 0.25) is 0 Å². The van der Waals surface area contributed by atoms with E-state index in [9.17, 15) is 13.2 Å². The van der Waals surface area contributed by atoms with E-state index < -0.39 is 6.36 Å². The molecule has 4 heterocycles. The molecule has 1 N–H and O–H groups in total. The van der Waals surface area contributed by atoms with E-state index in [0.717, 1.165) is 12.8 Å². The first-order valence-electron chi connectivity index (χ1n) is 9.47. The van der Waals surface area contributed by atoms with Gasteiger partial charge in [-0.1, -0.05) is 6.42 Å². The number of benzene rings is 1. The van der Waals surface area contributed by atoms with Gasteiger partial charge in [-0.05, 0) is 25.0 Å². The molecule has 2 unspecified atom stereocenters. The summed E-state index contributed by atoms with van der Waals surface area (Å²) in [5.74, 6) is -0.367. The van der Waals surface area contributed by atoms with Crippen LogP contribution in [0.4, 0.5) is 19.2 Å². The second kappa shape index (κ2) is 8.66. The van der Waals surface area contributed by atoms with Crippen LogP contribution in [0.2, 0.25) is 0 Å². The Hall–Kier alpha value is -2.95. The number of aromatic nitrogens is 2. The Bertz CT molecular complexity index is 1070. The van der Waals surface area contributed by atoms with Gasteiger partial charge in [0.25, 0.3) is 6.01 Å². The molecule has 0 spiro atoms. The van der Waals surface area contributed by atoms with Crippen LogP contribution in [0.15, 0.2) is 28.1 Å². The lowest BCUT2D eigenvalue weighted by atomic mass is 9.94. The first-order chi connectivity index (χ1) is 14.9. The Labute approximate surface area is 178 Å². The van der Waals surface area contributed by atoms with Gasteiger partial charge in [0.1, 0.15) is 5.01 Å². The van der Waals surface area contributed by atoms with Crippen molar-refractivity contribution >= 4 is 34.6 Å². The molecule has 2 aliphatic rings. The van der Waals surface area contributed by atoms with Gasteiger partial charge in [0.15, 0.2) is 16.8 Å². The molecule has 3 aromatic rings. The maximum absolute atomic E-state index is 12.9. The summed E-state index contributed by atoms with van der Waals surface area (Å²) in [6.45, 7) is 1.43. The van der Waals surface area contributed by atoms with Crippen LogP contribution < -0.4 is 15.0 Å². The largest absolute Gasteiger partial charge is 0.573 e. The molecule has 2 atom stereocenters. The Balaban J connectivity index is 0.000000730. The maximum Gasteiger partial charge on any atom is 0.573 e. The highest BCUT2D eigenvalue weighted by Crippen LogP contribution is 2.39. The van der Waals surface area contributed by atoms with Crippen LogP contribution in [0.3, 0.4) is 0 Å². The summed E-state index contributed by atoms with van der Waals surface area (Å²) in [7, 11) is 0. The van der Waals surface area contributed by atoms with E-state index in [2.05, 4.69) is 20.0 Å². The third-order valence-corrected chi connectivity index (χ3v) is 5.92. The van der Waals surface area contributed by atoms with Gasteiger partial charge in [-0.15, -0.1) is 24.5 Å². The van der Waals surface area contributed by atoms with Crippen molar-refractivity contribution in [3.8, 4) is 16.3 Å². The molecule has 5 rings (SSSR count). The number of halogens is 3. The lowest BCUT2D eigenvalue weighted by molar-refractivity contribution is -0.274. The molecular formula is C19H17F3N4O4S. The Morgan fingerprint density at radius 2 is 1.94 bits per heavy atom. The standard InChI is InChI=1S/C18H17F3N4O2S.CO2/c19-18(20,21)27-13-5-4-12(16-22-6-7-28-16)15-14(13)24-17(26-15)25-8-10-2-1-3-11(9-25)23-10;2-1-3/h4-7,10-11,23H,1-3,8-9H2;. The van der Waals surface area contributed by atoms with Crippen molar-refractivity contribution in [2.45, 2.75) is 37.7 Å². The van der Waals surface area contributed by atoms with Crippen molar-refractivity contribution < 1.29 is 31.9 Å². The molecule has 2 saturated heterocycles. The highest BCUT2D eigenvalue weighted by atomic mass is 32.1. The highest BCUT2D eigenvalue weighted by molar-refractivity contribution is 7.13. The van der Waals surface area contributed by atoms with Crippen molar-refractivity contribution in [3.63, 3.8) is 0 Å². The fourth-order valence-corrected chi connectivity index (χ4v) is 4.66. The number of alkyl halides is 3. The molecule has 0 amide bonds. The lowest BCUT2D eigenvalue weighted by Crippen LogP contribution is -2.58. The molecule has 12 heteroatoms. The lowest BCUT2D eigenvalue weighted by Gasteiger charge is -2.41. The number of thiazole rings is 1. The average Bonchev–Trinajstić information content (AvgIpc) is 3.38. The van der Waals surface area contributed by atoms with Crippen molar-refractivity contribution in [3.05, 3.63) is 23.7 Å². The van der Waals surface area contributed by atoms with E-state index in [1.54, 1.807) is 11.6 Å². The van der Waals surface area contributed by atoms with Crippen LogP contribution in [0.25, 0.3) is 21.7 Å². The number of anilines is 1. The van der Waals surface area contributed by atoms with Crippen LogP contribution in [0.1, 0.15) is 19.3 Å². The number of fused-ring (bicyclic) bond motifs is 3. The van der Waals surface area contributed by atoms with Gasteiger partial charge in [0, 0.05) is 36.8 Å². The number of hydrogen-bond acceptors (Lipinski definition) is 9. The fourth-order valence-electron chi connectivity index (χ4n) is 4.00. The SMILES string of the molecule is FC(F)(F)Oc1ccc(-c2nccs2)c2oc(N3CC4CCCC(C3)N4)nc12.O=C=O. The predicted octanol–water partition coefficient (Wildman–Crippen LogP) is 3.60. The molecule has 31 heavy (non-hydrogen) atoms. The summed E-state index contributed by atoms with van der Waals surface area (Å²) >= 11 is 1.38. The fraction of sp³-hybridized carbons (Fsp3) is 0.421. The molecule has 8 nitrogen and oxygen atoms in total. The molecule has 2 bridgehead atoms. The second-order valence-corrected chi connectivity index (χ2v) is 8.04. The minimum absolute atomic E-state index is 0.0590. The average molecular weight is 454 g/mol. The predicted molar refractivity (Wildman–Crippen MR) is 104 cm³/mol. The van der Waals surface area contributed by atoms with E-state index in [4.69, 9.17) is 14.0 Å². The van der Waals surface area contributed by atoms with Gasteiger partial charge < -0.3 is 19.4 Å². The molecule has 0 radical (unpaired) electrons. The number of rotatable bonds is 3. The zero-order chi connectivity index (χ0) is 22.0. The summed E-state index contributed by atoms with van der Waals surface area (Å²) in [5.41, 5.74) is 0.924. The molecule has 164 valence electrons. The summed E-state index contributed by atoms with van der Waals surface area (Å²) in [6.07, 6.45) is 0.406. The zero-order valence-electron chi connectivity index (χ0n) is 16.0. The van der Waals surface area contributed by atoms with Gasteiger partial charge in [-0.2, -0.15) is 14.6 Å². The zero-order valence-corrected chi connectivity index (χ0v) is 16.8. The van der Waals surface area contributed by atoms with Gasteiger partial charge in [-0.3, -0.25) is 0 Å². The number of hydrogen-bond donors (Lipinski definition) is 1. The van der Waals surface area contributed by atoms with Crippen LogP contribution in [0, 0.1) is 0 Å². The Morgan fingerprint density at radius 3 is 2.55 bits per heavy atom. The Morgan fingerprint density at radius 1 is 1.23 bits per heavy atom. The third kappa shape index (κ3) is 4.71. The van der Waals surface area contributed by atoms with E-state index in [1.807, 2.05) is 4.90 Å².